The number of benzene rings is 2. The van der Waals surface area contributed by atoms with Gasteiger partial charge < -0.3 is 0 Å². The van der Waals surface area contributed by atoms with Crippen LogP contribution in [0.5, 0.6) is 0 Å². The Morgan fingerprint density at radius 2 is 1.65 bits per heavy atom. The molecule has 0 bridgehead atoms. The monoisotopic (exact) mass is 316 g/mol. The lowest BCUT2D eigenvalue weighted by molar-refractivity contribution is 0.500. The van der Waals surface area contributed by atoms with E-state index in [1.54, 1.807) is 30.3 Å². The first-order valence-electron chi connectivity index (χ1n) is 4.93. The van der Waals surface area contributed by atoms with E-state index in [2.05, 4.69) is 15.9 Å². The summed E-state index contributed by atoms with van der Waals surface area (Å²) in [5, 5.41) is 0.605. The van der Waals surface area contributed by atoms with Gasteiger partial charge in [0.25, 0.3) is 0 Å². The Balaban J connectivity index is 2.40. The quantitative estimate of drug-likeness (QED) is 0.676. The Kier molecular flexibility index (Phi) is 3.79. The number of halogens is 4. The molecule has 2 aromatic carbocycles. The predicted octanol–water partition coefficient (Wildman–Crippen LogP) is 5.10. The third-order valence-corrected chi connectivity index (χ3v) is 3.69. The first-order valence-corrected chi connectivity index (χ1v) is 6.22. The lowest BCUT2D eigenvalue weighted by Gasteiger charge is -2.12. The molecule has 0 heterocycles. The van der Waals surface area contributed by atoms with Crippen LogP contribution < -0.4 is 0 Å². The molecule has 17 heavy (non-hydrogen) atoms. The van der Waals surface area contributed by atoms with E-state index in [0.717, 1.165) is 11.6 Å². The average Bonchev–Trinajstić information content (AvgIpc) is 2.33. The summed E-state index contributed by atoms with van der Waals surface area (Å²) in [5.74, 6) is -1.68. The van der Waals surface area contributed by atoms with Crippen molar-refractivity contribution in [2.45, 2.75) is 4.83 Å². The molecular weight excluding hydrogens is 309 g/mol. The second kappa shape index (κ2) is 5.15. The number of hydrogen-bond acceptors (Lipinski definition) is 0. The Morgan fingerprint density at radius 3 is 2.29 bits per heavy atom. The maximum Gasteiger partial charge on any atom is 0.163 e. The summed E-state index contributed by atoms with van der Waals surface area (Å²) in [6.45, 7) is 0. The zero-order chi connectivity index (χ0) is 12.4. The van der Waals surface area contributed by atoms with Crippen molar-refractivity contribution in [2.75, 3.05) is 0 Å². The molecular formula is C13H8BrClF2. The predicted molar refractivity (Wildman–Crippen MR) is 68.6 cm³/mol. The van der Waals surface area contributed by atoms with Gasteiger partial charge in [-0.25, -0.2) is 8.78 Å². The molecule has 0 aliphatic rings. The van der Waals surface area contributed by atoms with Crippen molar-refractivity contribution in [3.8, 4) is 0 Å². The molecule has 0 fully saturated rings. The Hall–Kier alpha value is -0.930. The number of alkyl halides is 1. The molecule has 0 aliphatic carbocycles. The highest BCUT2D eigenvalue weighted by Crippen LogP contribution is 2.33. The van der Waals surface area contributed by atoms with Crippen molar-refractivity contribution in [3.63, 3.8) is 0 Å². The van der Waals surface area contributed by atoms with Crippen LogP contribution in [0.15, 0.2) is 42.5 Å². The summed E-state index contributed by atoms with van der Waals surface area (Å²) < 4.78 is 26.7. The molecule has 1 unspecified atom stereocenters. The molecule has 2 aromatic rings. The highest BCUT2D eigenvalue weighted by Gasteiger charge is 2.17. The van der Waals surface area contributed by atoms with Gasteiger partial charge in [-0.1, -0.05) is 51.8 Å². The van der Waals surface area contributed by atoms with Crippen LogP contribution in [-0.4, -0.2) is 0 Å². The van der Waals surface area contributed by atoms with Crippen LogP contribution in [0.2, 0.25) is 5.02 Å². The summed E-state index contributed by atoms with van der Waals surface area (Å²) in [4.78, 5) is -0.393. The molecule has 0 saturated heterocycles. The summed E-state index contributed by atoms with van der Waals surface area (Å²) in [7, 11) is 0. The molecule has 0 amide bonds. The molecule has 1 atom stereocenters. The van der Waals surface area contributed by atoms with Gasteiger partial charge in [0.05, 0.1) is 4.83 Å². The molecule has 4 heteroatoms. The minimum atomic E-state index is -0.846. The van der Waals surface area contributed by atoms with Crippen molar-refractivity contribution in [1.82, 2.24) is 0 Å². The molecule has 0 spiro atoms. The Labute approximate surface area is 111 Å². The highest BCUT2D eigenvalue weighted by molar-refractivity contribution is 9.09. The van der Waals surface area contributed by atoms with Gasteiger partial charge in [0, 0.05) is 10.6 Å². The Bertz CT molecular complexity index is 525. The lowest BCUT2D eigenvalue weighted by Crippen LogP contribution is -1.98. The van der Waals surface area contributed by atoms with Crippen molar-refractivity contribution >= 4 is 27.5 Å². The zero-order valence-electron chi connectivity index (χ0n) is 8.63. The molecule has 0 N–H and O–H groups in total. The first kappa shape index (κ1) is 12.5. The SMILES string of the molecule is Fc1cccc(C(Br)c2ccc(Cl)cc2)c1F. The van der Waals surface area contributed by atoms with E-state index < -0.39 is 16.5 Å². The van der Waals surface area contributed by atoms with Crippen LogP contribution in [0, 0.1) is 11.6 Å². The summed E-state index contributed by atoms with van der Waals surface area (Å²) in [6.07, 6.45) is 0. The van der Waals surface area contributed by atoms with Crippen molar-refractivity contribution in [3.05, 3.63) is 70.2 Å². The van der Waals surface area contributed by atoms with Gasteiger partial charge in [-0.15, -0.1) is 0 Å². The van der Waals surface area contributed by atoms with E-state index in [0.29, 0.717) is 5.02 Å². The van der Waals surface area contributed by atoms with E-state index in [9.17, 15) is 8.78 Å². The van der Waals surface area contributed by atoms with Crippen molar-refractivity contribution in [2.24, 2.45) is 0 Å². The van der Waals surface area contributed by atoms with E-state index in [4.69, 9.17) is 11.6 Å². The second-order valence-electron chi connectivity index (χ2n) is 3.56. The Morgan fingerprint density at radius 1 is 1.00 bits per heavy atom. The zero-order valence-corrected chi connectivity index (χ0v) is 11.0. The lowest BCUT2D eigenvalue weighted by atomic mass is 10.0. The van der Waals surface area contributed by atoms with Gasteiger partial charge in [0.2, 0.25) is 0 Å². The minimum absolute atomic E-state index is 0.271. The van der Waals surface area contributed by atoms with Gasteiger partial charge in [-0.2, -0.15) is 0 Å². The fourth-order valence-electron chi connectivity index (χ4n) is 1.53. The number of hydrogen-bond donors (Lipinski definition) is 0. The van der Waals surface area contributed by atoms with Crippen LogP contribution in [0.3, 0.4) is 0 Å². The number of rotatable bonds is 2. The molecule has 0 aliphatic heterocycles. The van der Waals surface area contributed by atoms with E-state index in [1.165, 1.54) is 6.07 Å². The molecule has 0 radical (unpaired) electrons. The van der Waals surface area contributed by atoms with Gasteiger partial charge in [0.1, 0.15) is 0 Å². The van der Waals surface area contributed by atoms with Gasteiger partial charge >= 0.3 is 0 Å². The molecule has 2 rings (SSSR count). The first-order chi connectivity index (χ1) is 8.09. The molecule has 0 nitrogen and oxygen atoms in total. The van der Waals surface area contributed by atoms with E-state index in [-0.39, 0.29) is 5.56 Å². The minimum Gasteiger partial charge on any atom is -0.204 e. The van der Waals surface area contributed by atoms with Crippen LogP contribution in [-0.2, 0) is 0 Å². The summed E-state index contributed by atoms with van der Waals surface area (Å²) >= 11 is 9.12. The fourth-order valence-corrected chi connectivity index (χ4v) is 2.31. The van der Waals surface area contributed by atoms with E-state index >= 15 is 0 Å². The maximum atomic E-state index is 13.6. The third kappa shape index (κ3) is 2.67. The van der Waals surface area contributed by atoms with Crippen LogP contribution in [0.1, 0.15) is 16.0 Å². The normalized spacial score (nSPS) is 12.5. The summed E-state index contributed by atoms with van der Waals surface area (Å²) in [5.41, 5.74) is 1.09. The van der Waals surface area contributed by atoms with Crippen LogP contribution in [0.4, 0.5) is 8.78 Å². The van der Waals surface area contributed by atoms with E-state index in [1.807, 2.05) is 0 Å². The standard InChI is InChI=1S/C13H8BrClF2/c14-12(8-4-6-9(15)7-5-8)10-2-1-3-11(16)13(10)17/h1-7,12H. The van der Waals surface area contributed by atoms with Crippen molar-refractivity contribution in [1.29, 1.82) is 0 Å². The molecule has 0 aromatic heterocycles. The average molecular weight is 318 g/mol. The highest BCUT2D eigenvalue weighted by atomic mass is 79.9. The molecule has 0 saturated carbocycles. The fraction of sp³-hybridized carbons (Fsp3) is 0.0769. The molecule has 88 valence electrons. The van der Waals surface area contributed by atoms with Crippen LogP contribution >= 0.6 is 27.5 Å². The maximum absolute atomic E-state index is 13.6. The summed E-state index contributed by atoms with van der Waals surface area (Å²) in [6, 6.07) is 11.1. The second-order valence-corrected chi connectivity index (χ2v) is 4.91. The van der Waals surface area contributed by atoms with Gasteiger partial charge in [0.15, 0.2) is 11.6 Å². The smallest absolute Gasteiger partial charge is 0.163 e. The van der Waals surface area contributed by atoms with Crippen LogP contribution in [0.25, 0.3) is 0 Å². The third-order valence-electron chi connectivity index (χ3n) is 2.42. The van der Waals surface area contributed by atoms with Gasteiger partial charge in [-0.3, -0.25) is 0 Å². The topological polar surface area (TPSA) is 0 Å². The van der Waals surface area contributed by atoms with Crippen molar-refractivity contribution < 1.29 is 8.78 Å². The van der Waals surface area contributed by atoms with Gasteiger partial charge in [-0.05, 0) is 23.8 Å². The largest absolute Gasteiger partial charge is 0.204 e.